The van der Waals surface area contributed by atoms with Gasteiger partial charge in [0.2, 0.25) is 0 Å². The molecule has 0 heterocycles. The van der Waals surface area contributed by atoms with Crippen molar-refractivity contribution >= 4 is 11.9 Å². The van der Waals surface area contributed by atoms with Crippen molar-refractivity contribution in [2.24, 2.45) is 10.4 Å². The fourth-order valence-electron chi connectivity index (χ4n) is 3.91. The molecule has 1 unspecified atom stereocenters. The zero-order valence-corrected chi connectivity index (χ0v) is 19.2. The molecule has 6 nitrogen and oxygen atoms in total. The number of rotatable bonds is 11. The highest BCUT2D eigenvalue weighted by molar-refractivity contribution is 5.94. The van der Waals surface area contributed by atoms with E-state index in [1.54, 1.807) is 7.11 Å². The zero-order chi connectivity index (χ0) is 21.8. The van der Waals surface area contributed by atoms with Crippen LogP contribution in [0.1, 0.15) is 75.2 Å². The summed E-state index contributed by atoms with van der Waals surface area (Å²) in [7, 11) is 1.78. The van der Waals surface area contributed by atoms with Gasteiger partial charge in [-0.2, -0.15) is 0 Å². The molecule has 0 spiro atoms. The number of aliphatic imine (C=N–C) groups is 1. The number of nitrogens with zero attached hydrogens (tertiary/aromatic N) is 1. The molecule has 1 aromatic rings. The molecule has 1 fully saturated rings. The number of benzene rings is 1. The standard InChI is InChI=1S/C24H40N4O2/c1-5-19(3)28-22(29)21-11-9-20(10-12-21)17-26-23(25-6-2)27-18-24(15-16-30-4)13-7-8-14-24/h9-12,19H,5-8,13-18H2,1-4H3,(H,28,29)(H2,25,26,27). The second-order valence-electron chi connectivity index (χ2n) is 8.48. The molecule has 0 saturated heterocycles. The molecule has 6 heteroatoms. The first-order chi connectivity index (χ1) is 14.5. The lowest BCUT2D eigenvalue weighted by atomic mass is 9.83. The normalized spacial score (nSPS) is 16.9. The van der Waals surface area contributed by atoms with Gasteiger partial charge in [-0.3, -0.25) is 4.79 Å². The van der Waals surface area contributed by atoms with Crippen molar-refractivity contribution in [2.45, 2.75) is 71.9 Å². The van der Waals surface area contributed by atoms with Gasteiger partial charge in [0.1, 0.15) is 0 Å². The third-order valence-corrected chi connectivity index (χ3v) is 6.10. The highest BCUT2D eigenvalue weighted by atomic mass is 16.5. The Morgan fingerprint density at radius 1 is 1.17 bits per heavy atom. The number of guanidine groups is 1. The van der Waals surface area contributed by atoms with Gasteiger partial charge in [-0.05, 0) is 62.6 Å². The molecule has 3 N–H and O–H groups in total. The molecule has 2 rings (SSSR count). The lowest BCUT2D eigenvalue weighted by Crippen LogP contribution is -2.43. The van der Waals surface area contributed by atoms with E-state index >= 15 is 0 Å². The van der Waals surface area contributed by atoms with Crippen LogP contribution < -0.4 is 16.0 Å². The van der Waals surface area contributed by atoms with Crippen LogP contribution in [0.3, 0.4) is 0 Å². The highest BCUT2D eigenvalue weighted by Crippen LogP contribution is 2.40. The predicted octanol–water partition coefficient (Wildman–Crippen LogP) is 3.87. The van der Waals surface area contributed by atoms with Gasteiger partial charge in [0.15, 0.2) is 5.96 Å². The number of carbonyl (C=O) groups excluding carboxylic acids is 1. The van der Waals surface area contributed by atoms with E-state index in [1.165, 1.54) is 25.7 Å². The Hall–Kier alpha value is -2.08. The van der Waals surface area contributed by atoms with E-state index < -0.39 is 0 Å². The fourth-order valence-corrected chi connectivity index (χ4v) is 3.91. The Morgan fingerprint density at radius 3 is 2.47 bits per heavy atom. The van der Waals surface area contributed by atoms with E-state index in [0.717, 1.165) is 44.1 Å². The average molecular weight is 417 g/mol. The summed E-state index contributed by atoms with van der Waals surface area (Å²) in [5, 5.41) is 9.91. The van der Waals surface area contributed by atoms with Gasteiger partial charge in [0, 0.05) is 38.4 Å². The van der Waals surface area contributed by atoms with Crippen LogP contribution in [0.4, 0.5) is 0 Å². The molecule has 168 valence electrons. The van der Waals surface area contributed by atoms with E-state index in [9.17, 15) is 4.79 Å². The second kappa shape index (κ2) is 12.6. The SMILES string of the molecule is CCNC(=NCc1ccc(C(=O)NC(C)CC)cc1)NCC1(CCOC)CCCC1. The number of ether oxygens (including phenoxy) is 1. The van der Waals surface area contributed by atoms with Crippen LogP contribution in [0.15, 0.2) is 29.3 Å². The van der Waals surface area contributed by atoms with Crippen molar-refractivity contribution in [2.75, 3.05) is 26.8 Å². The number of methoxy groups -OCH3 is 1. The van der Waals surface area contributed by atoms with Gasteiger partial charge in [0.05, 0.1) is 6.54 Å². The van der Waals surface area contributed by atoms with Gasteiger partial charge < -0.3 is 20.7 Å². The summed E-state index contributed by atoms with van der Waals surface area (Å²) in [5.74, 6) is 0.826. The van der Waals surface area contributed by atoms with Crippen molar-refractivity contribution in [3.8, 4) is 0 Å². The minimum Gasteiger partial charge on any atom is -0.385 e. The predicted molar refractivity (Wildman–Crippen MR) is 124 cm³/mol. The fraction of sp³-hybridized carbons (Fsp3) is 0.667. The van der Waals surface area contributed by atoms with Crippen molar-refractivity contribution in [1.82, 2.24) is 16.0 Å². The Kier molecular flexibility index (Phi) is 10.1. The van der Waals surface area contributed by atoms with Gasteiger partial charge in [-0.25, -0.2) is 4.99 Å². The lowest BCUT2D eigenvalue weighted by Gasteiger charge is -2.30. The third kappa shape index (κ3) is 7.63. The molecule has 1 aromatic carbocycles. The minimum atomic E-state index is -0.0210. The Morgan fingerprint density at radius 2 is 1.87 bits per heavy atom. The van der Waals surface area contributed by atoms with Crippen LogP contribution in [-0.4, -0.2) is 44.7 Å². The highest BCUT2D eigenvalue weighted by Gasteiger charge is 2.33. The molecule has 30 heavy (non-hydrogen) atoms. The minimum absolute atomic E-state index is 0.0210. The maximum absolute atomic E-state index is 12.2. The summed E-state index contributed by atoms with van der Waals surface area (Å²) in [6.45, 7) is 9.30. The maximum atomic E-state index is 12.2. The Labute approximate surface area is 182 Å². The van der Waals surface area contributed by atoms with Gasteiger partial charge in [-0.1, -0.05) is 31.9 Å². The van der Waals surface area contributed by atoms with Crippen molar-refractivity contribution in [3.63, 3.8) is 0 Å². The first kappa shape index (κ1) is 24.2. The molecule has 1 atom stereocenters. The van der Waals surface area contributed by atoms with Gasteiger partial charge in [0.25, 0.3) is 5.91 Å². The summed E-state index contributed by atoms with van der Waals surface area (Å²) in [4.78, 5) is 17.0. The average Bonchev–Trinajstić information content (AvgIpc) is 3.23. The van der Waals surface area contributed by atoms with Crippen LogP contribution in [-0.2, 0) is 11.3 Å². The van der Waals surface area contributed by atoms with Crippen molar-refractivity contribution in [3.05, 3.63) is 35.4 Å². The van der Waals surface area contributed by atoms with Gasteiger partial charge >= 0.3 is 0 Å². The number of hydrogen-bond donors (Lipinski definition) is 3. The van der Waals surface area contributed by atoms with Crippen LogP contribution in [0.25, 0.3) is 0 Å². The number of nitrogens with one attached hydrogen (secondary N) is 3. The molecule has 0 radical (unpaired) electrons. The Bertz CT molecular complexity index is 666. The molecule has 0 bridgehead atoms. The molecular formula is C24H40N4O2. The second-order valence-corrected chi connectivity index (χ2v) is 8.48. The van der Waals surface area contributed by atoms with Crippen LogP contribution >= 0.6 is 0 Å². The maximum Gasteiger partial charge on any atom is 0.251 e. The number of amides is 1. The monoisotopic (exact) mass is 416 g/mol. The molecule has 1 aliphatic carbocycles. The number of carbonyl (C=O) groups is 1. The smallest absolute Gasteiger partial charge is 0.251 e. The van der Waals surface area contributed by atoms with E-state index in [1.807, 2.05) is 31.2 Å². The van der Waals surface area contributed by atoms with Crippen molar-refractivity contribution in [1.29, 1.82) is 0 Å². The van der Waals surface area contributed by atoms with E-state index in [4.69, 9.17) is 9.73 Å². The quantitative estimate of drug-likeness (QED) is 0.378. The molecule has 1 amide bonds. The summed E-state index contributed by atoms with van der Waals surface area (Å²) >= 11 is 0. The molecular weight excluding hydrogens is 376 g/mol. The van der Waals surface area contributed by atoms with Crippen LogP contribution in [0, 0.1) is 5.41 Å². The van der Waals surface area contributed by atoms with E-state index in [0.29, 0.717) is 17.5 Å². The molecule has 0 aromatic heterocycles. The third-order valence-electron chi connectivity index (χ3n) is 6.10. The lowest BCUT2D eigenvalue weighted by molar-refractivity contribution is 0.0939. The zero-order valence-electron chi connectivity index (χ0n) is 19.2. The van der Waals surface area contributed by atoms with Crippen molar-refractivity contribution < 1.29 is 9.53 Å². The summed E-state index contributed by atoms with van der Waals surface area (Å²) in [6, 6.07) is 7.90. The van der Waals surface area contributed by atoms with Gasteiger partial charge in [-0.15, -0.1) is 0 Å². The topological polar surface area (TPSA) is 74.8 Å². The van der Waals surface area contributed by atoms with Crippen LogP contribution in [0.2, 0.25) is 0 Å². The summed E-state index contributed by atoms with van der Waals surface area (Å²) < 4.78 is 5.34. The van der Waals surface area contributed by atoms with E-state index in [2.05, 4.69) is 29.8 Å². The Balaban J connectivity index is 1.94. The number of hydrogen-bond acceptors (Lipinski definition) is 3. The molecule has 1 aliphatic rings. The first-order valence-electron chi connectivity index (χ1n) is 11.4. The molecule has 1 saturated carbocycles. The molecule has 0 aliphatic heterocycles. The summed E-state index contributed by atoms with van der Waals surface area (Å²) in [6.07, 6.45) is 7.12. The van der Waals surface area contributed by atoms with E-state index in [-0.39, 0.29) is 11.9 Å². The first-order valence-corrected chi connectivity index (χ1v) is 11.4. The largest absolute Gasteiger partial charge is 0.385 e. The van der Waals surface area contributed by atoms with Crippen LogP contribution in [0.5, 0.6) is 0 Å². The summed E-state index contributed by atoms with van der Waals surface area (Å²) in [5.41, 5.74) is 2.09.